The van der Waals surface area contributed by atoms with Crippen molar-refractivity contribution >= 4 is 5.69 Å². The first-order valence-electron chi connectivity index (χ1n) is 6.04. The van der Waals surface area contributed by atoms with Gasteiger partial charge in [-0.3, -0.25) is 4.90 Å². The number of nitrogens with zero attached hydrogens (tertiary/aromatic N) is 1. The molecular formula is C13H18N2O. The van der Waals surface area contributed by atoms with Crippen LogP contribution in [0, 0.1) is 0 Å². The highest BCUT2D eigenvalue weighted by molar-refractivity contribution is 5.59. The number of likely N-dealkylation sites (N-methyl/N-ethyl adjacent to an activating group) is 1. The highest BCUT2D eigenvalue weighted by Crippen LogP contribution is 2.31. The summed E-state index contributed by atoms with van der Waals surface area (Å²) in [5.41, 5.74) is 2.62. The van der Waals surface area contributed by atoms with Crippen LogP contribution in [0.4, 0.5) is 5.69 Å². The summed E-state index contributed by atoms with van der Waals surface area (Å²) in [7, 11) is 2.13. The van der Waals surface area contributed by atoms with Gasteiger partial charge in [0.25, 0.3) is 0 Å². The van der Waals surface area contributed by atoms with Crippen LogP contribution in [-0.2, 0) is 6.42 Å². The molecule has 0 radical (unpaired) electrons. The third kappa shape index (κ3) is 1.76. The summed E-state index contributed by atoms with van der Waals surface area (Å²) in [6, 6.07) is 6.33. The molecule has 0 bridgehead atoms. The molecule has 0 unspecified atom stereocenters. The summed E-state index contributed by atoms with van der Waals surface area (Å²) >= 11 is 0. The van der Waals surface area contributed by atoms with Crippen molar-refractivity contribution in [1.82, 2.24) is 4.90 Å². The summed E-state index contributed by atoms with van der Waals surface area (Å²) in [5, 5.41) is 3.43. The second kappa shape index (κ2) is 3.98. The first kappa shape index (κ1) is 9.97. The van der Waals surface area contributed by atoms with Gasteiger partial charge < -0.3 is 10.1 Å². The van der Waals surface area contributed by atoms with Gasteiger partial charge in [0.15, 0.2) is 0 Å². The zero-order valence-electron chi connectivity index (χ0n) is 9.70. The van der Waals surface area contributed by atoms with Gasteiger partial charge in [0, 0.05) is 30.9 Å². The van der Waals surface area contributed by atoms with Gasteiger partial charge in [-0.2, -0.15) is 0 Å². The number of anilines is 1. The number of ether oxygens (including phenoxy) is 1. The van der Waals surface area contributed by atoms with Crippen molar-refractivity contribution in [1.29, 1.82) is 0 Å². The van der Waals surface area contributed by atoms with Crippen LogP contribution in [0.15, 0.2) is 18.2 Å². The topological polar surface area (TPSA) is 24.5 Å². The number of nitrogens with one attached hydrogen (secondary N) is 1. The summed E-state index contributed by atoms with van der Waals surface area (Å²) in [4.78, 5) is 2.28. The first-order valence-corrected chi connectivity index (χ1v) is 6.04. The zero-order valence-corrected chi connectivity index (χ0v) is 9.70. The highest BCUT2D eigenvalue weighted by atomic mass is 16.5. The van der Waals surface area contributed by atoms with Gasteiger partial charge in [0.05, 0.1) is 0 Å². The maximum absolute atomic E-state index is 6.04. The predicted molar refractivity (Wildman–Crippen MR) is 65.2 cm³/mol. The largest absolute Gasteiger partial charge is 0.487 e. The van der Waals surface area contributed by atoms with Crippen LogP contribution in [0.25, 0.3) is 0 Å². The van der Waals surface area contributed by atoms with E-state index in [1.165, 1.54) is 17.7 Å². The molecule has 0 aromatic heterocycles. The van der Waals surface area contributed by atoms with Crippen molar-refractivity contribution in [2.45, 2.75) is 18.9 Å². The Morgan fingerprint density at radius 1 is 1.38 bits per heavy atom. The van der Waals surface area contributed by atoms with Crippen LogP contribution in [0.3, 0.4) is 0 Å². The molecule has 3 nitrogen and oxygen atoms in total. The number of benzene rings is 1. The van der Waals surface area contributed by atoms with Gasteiger partial charge in [0.2, 0.25) is 0 Å². The third-order valence-corrected chi connectivity index (χ3v) is 3.38. The monoisotopic (exact) mass is 218 g/mol. The molecule has 3 heteroatoms. The van der Waals surface area contributed by atoms with Crippen LogP contribution in [0.5, 0.6) is 5.75 Å². The van der Waals surface area contributed by atoms with Crippen LogP contribution >= 0.6 is 0 Å². The highest BCUT2D eigenvalue weighted by Gasteiger charge is 2.26. The second-order valence-corrected chi connectivity index (χ2v) is 4.77. The molecule has 16 heavy (non-hydrogen) atoms. The summed E-state index contributed by atoms with van der Waals surface area (Å²) in [5.74, 6) is 1.09. The van der Waals surface area contributed by atoms with Gasteiger partial charge in [-0.25, -0.2) is 0 Å². The Labute approximate surface area is 96.4 Å². The molecule has 86 valence electrons. The molecule has 1 N–H and O–H groups in total. The fraction of sp³-hybridized carbons (Fsp3) is 0.538. The van der Waals surface area contributed by atoms with Crippen molar-refractivity contribution in [3.05, 3.63) is 23.8 Å². The van der Waals surface area contributed by atoms with Crippen molar-refractivity contribution < 1.29 is 4.74 Å². The number of hydrogen-bond donors (Lipinski definition) is 1. The molecule has 1 aromatic carbocycles. The lowest BCUT2D eigenvalue weighted by Crippen LogP contribution is -2.51. The molecule has 1 saturated heterocycles. The minimum absolute atomic E-state index is 0.387. The van der Waals surface area contributed by atoms with Crippen molar-refractivity contribution in [3.8, 4) is 5.75 Å². The van der Waals surface area contributed by atoms with Gasteiger partial charge >= 0.3 is 0 Å². The normalized spacial score (nSPS) is 20.8. The van der Waals surface area contributed by atoms with E-state index in [4.69, 9.17) is 4.74 Å². The SMILES string of the molecule is CN1CC(Oc2cccc3c2CCCN3)C1. The van der Waals surface area contributed by atoms with E-state index >= 15 is 0 Å². The third-order valence-electron chi connectivity index (χ3n) is 3.38. The lowest BCUT2D eigenvalue weighted by molar-refractivity contribution is 0.0381. The van der Waals surface area contributed by atoms with E-state index in [9.17, 15) is 0 Å². The van der Waals surface area contributed by atoms with Crippen LogP contribution in [0.2, 0.25) is 0 Å². The van der Waals surface area contributed by atoms with E-state index in [2.05, 4.69) is 35.5 Å². The van der Waals surface area contributed by atoms with E-state index in [0.29, 0.717) is 6.10 Å². The minimum Gasteiger partial charge on any atom is -0.487 e. The summed E-state index contributed by atoms with van der Waals surface area (Å²) in [6.45, 7) is 3.19. The molecule has 2 heterocycles. The second-order valence-electron chi connectivity index (χ2n) is 4.77. The number of rotatable bonds is 2. The average molecular weight is 218 g/mol. The molecule has 0 aliphatic carbocycles. The lowest BCUT2D eigenvalue weighted by atomic mass is 10.0. The van der Waals surface area contributed by atoms with Crippen molar-refractivity contribution in [3.63, 3.8) is 0 Å². The Morgan fingerprint density at radius 3 is 3.06 bits per heavy atom. The van der Waals surface area contributed by atoms with Gasteiger partial charge in [-0.1, -0.05) is 6.07 Å². The molecule has 2 aliphatic rings. The predicted octanol–water partition coefficient (Wildman–Crippen LogP) is 1.74. The zero-order chi connectivity index (χ0) is 11.0. The van der Waals surface area contributed by atoms with Crippen LogP contribution in [0.1, 0.15) is 12.0 Å². The molecule has 2 aliphatic heterocycles. The Morgan fingerprint density at radius 2 is 2.25 bits per heavy atom. The molecule has 0 amide bonds. The Balaban J connectivity index is 1.78. The molecule has 1 aromatic rings. The number of hydrogen-bond acceptors (Lipinski definition) is 3. The van der Waals surface area contributed by atoms with Crippen LogP contribution < -0.4 is 10.1 Å². The Kier molecular flexibility index (Phi) is 2.48. The molecule has 0 saturated carbocycles. The van der Waals surface area contributed by atoms with E-state index in [1.807, 2.05) is 0 Å². The number of likely N-dealkylation sites (tertiary alicyclic amines) is 1. The number of fused-ring (bicyclic) bond motifs is 1. The van der Waals surface area contributed by atoms with Crippen molar-refractivity contribution in [2.75, 3.05) is 32.0 Å². The quantitative estimate of drug-likeness (QED) is 0.818. The summed E-state index contributed by atoms with van der Waals surface area (Å²) < 4.78 is 6.04. The van der Waals surface area contributed by atoms with Crippen LogP contribution in [-0.4, -0.2) is 37.7 Å². The lowest BCUT2D eigenvalue weighted by Gasteiger charge is -2.36. The molecule has 0 spiro atoms. The molecular weight excluding hydrogens is 200 g/mol. The van der Waals surface area contributed by atoms with Gasteiger partial charge in [0.1, 0.15) is 11.9 Å². The van der Waals surface area contributed by atoms with E-state index < -0.39 is 0 Å². The first-order chi connectivity index (χ1) is 7.83. The Bertz CT molecular complexity index is 386. The average Bonchev–Trinajstić information content (AvgIpc) is 2.27. The van der Waals surface area contributed by atoms with E-state index in [1.54, 1.807) is 0 Å². The minimum atomic E-state index is 0.387. The maximum atomic E-state index is 6.04. The van der Waals surface area contributed by atoms with E-state index in [0.717, 1.165) is 31.8 Å². The van der Waals surface area contributed by atoms with Gasteiger partial charge in [-0.05, 0) is 32.0 Å². The van der Waals surface area contributed by atoms with Crippen molar-refractivity contribution in [2.24, 2.45) is 0 Å². The maximum Gasteiger partial charge on any atom is 0.125 e. The molecule has 0 atom stereocenters. The summed E-state index contributed by atoms with van der Waals surface area (Å²) in [6.07, 6.45) is 2.73. The Hall–Kier alpha value is -1.22. The standard InChI is InChI=1S/C13H18N2O/c1-15-8-10(9-15)16-13-6-2-5-12-11(13)4-3-7-14-12/h2,5-6,10,14H,3-4,7-9H2,1H3. The fourth-order valence-corrected chi connectivity index (χ4v) is 2.48. The molecule has 3 rings (SSSR count). The van der Waals surface area contributed by atoms with E-state index in [-0.39, 0.29) is 0 Å². The van der Waals surface area contributed by atoms with Gasteiger partial charge in [-0.15, -0.1) is 0 Å². The molecule has 1 fully saturated rings. The fourth-order valence-electron chi connectivity index (χ4n) is 2.48. The smallest absolute Gasteiger partial charge is 0.125 e.